The molecule has 0 spiro atoms. The van der Waals surface area contributed by atoms with Gasteiger partial charge < -0.3 is 10.3 Å². The SMILES string of the molecule is C#CC=O.C=C1CC(C)CC(CCNC(=O)c2ccc(C3c4[nH]c5ccccc5c4CCN3C)cc2)C1.[B]CCCC. The fourth-order valence-electron chi connectivity index (χ4n) is 6.24. The average Bonchev–Trinajstić information content (AvgIpc) is 3.36. The molecule has 2 radical (unpaired) electrons. The van der Waals surface area contributed by atoms with Crippen LogP contribution in [-0.2, 0) is 11.2 Å². The summed E-state index contributed by atoms with van der Waals surface area (Å²) in [4.78, 5) is 27.7. The van der Waals surface area contributed by atoms with Gasteiger partial charge in [-0.05, 0) is 86.2 Å². The van der Waals surface area contributed by atoms with Crippen LogP contribution >= 0.6 is 0 Å². The molecule has 0 bridgehead atoms. The molecule has 2 aliphatic rings. The number of amides is 1. The van der Waals surface area contributed by atoms with Crippen LogP contribution in [0.3, 0.4) is 0 Å². The van der Waals surface area contributed by atoms with Gasteiger partial charge in [-0.3, -0.25) is 14.5 Å². The Balaban J connectivity index is 0.000000473. The van der Waals surface area contributed by atoms with E-state index in [0.29, 0.717) is 12.2 Å². The van der Waals surface area contributed by atoms with Gasteiger partial charge in [0.2, 0.25) is 0 Å². The molecular weight excluding hydrogens is 517 g/mol. The highest BCUT2D eigenvalue weighted by molar-refractivity contribution is 6.08. The van der Waals surface area contributed by atoms with Crippen LogP contribution in [0.1, 0.15) is 85.6 Å². The predicted molar refractivity (Wildman–Crippen MR) is 176 cm³/mol. The van der Waals surface area contributed by atoms with Crippen molar-refractivity contribution < 1.29 is 9.59 Å². The Bertz CT molecular complexity index is 1350. The van der Waals surface area contributed by atoms with Gasteiger partial charge in [0.05, 0.1) is 13.9 Å². The van der Waals surface area contributed by atoms with Gasteiger partial charge in [-0.2, -0.15) is 0 Å². The first kappa shape index (κ1) is 33.0. The van der Waals surface area contributed by atoms with E-state index in [1.54, 1.807) is 5.92 Å². The lowest BCUT2D eigenvalue weighted by Gasteiger charge is -2.33. The lowest BCUT2D eigenvalue weighted by Crippen LogP contribution is -2.32. The van der Waals surface area contributed by atoms with E-state index in [9.17, 15) is 4.79 Å². The summed E-state index contributed by atoms with van der Waals surface area (Å²) in [6.07, 6.45) is 13.6. The number of likely N-dealkylation sites (N-methyl/N-ethyl adjacent to an activating group) is 1. The van der Waals surface area contributed by atoms with Crippen molar-refractivity contribution in [2.75, 3.05) is 20.1 Å². The van der Waals surface area contributed by atoms with Gasteiger partial charge in [-0.25, -0.2) is 0 Å². The highest BCUT2D eigenvalue weighted by atomic mass is 16.1. The third-order valence-electron chi connectivity index (χ3n) is 8.18. The van der Waals surface area contributed by atoms with Crippen molar-refractivity contribution in [3.63, 3.8) is 0 Å². The first-order valence-corrected chi connectivity index (χ1v) is 15.3. The minimum Gasteiger partial charge on any atom is -0.357 e. The van der Waals surface area contributed by atoms with Gasteiger partial charge in [0.15, 0.2) is 6.29 Å². The monoisotopic (exact) mass is 563 g/mol. The number of benzene rings is 2. The number of rotatable bonds is 7. The number of aldehydes is 1. The molecule has 1 saturated carbocycles. The zero-order chi connectivity index (χ0) is 30.5. The van der Waals surface area contributed by atoms with Gasteiger partial charge in [-0.15, -0.1) is 6.42 Å². The molecule has 3 atom stereocenters. The number of nitrogens with one attached hydrogen (secondary N) is 2. The third kappa shape index (κ3) is 8.97. The number of H-pyrrole nitrogens is 1. The lowest BCUT2D eigenvalue weighted by atomic mass is 9.78. The quantitative estimate of drug-likeness (QED) is 0.140. The number of carbonyl (C=O) groups excluding carboxylic acids is 2. The predicted octanol–water partition coefficient (Wildman–Crippen LogP) is 7.05. The molecule has 6 heteroatoms. The zero-order valence-electron chi connectivity index (χ0n) is 25.6. The van der Waals surface area contributed by atoms with Gasteiger partial charge in [0, 0.05) is 35.2 Å². The van der Waals surface area contributed by atoms with Crippen molar-refractivity contribution in [2.45, 2.75) is 71.2 Å². The van der Waals surface area contributed by atoms with E-state index < -0.39 is 0 Å². The second-order valence-corrected chi connectivity index (χ2v) is 11.7. The summed E-state index contributed by atoms with van der Waals surface area (Å²) in [5, 5.41) is 4.46. The summed E-state index contributed by atoms with van der Waals surface area (Å²) in [6.45, 7) is 10.4. The summed E-state index contributed by atoms with van der Waals surface area (Å²) in [5.74, 6) is 3.14. The van der Waals surface area contributed by atoms with Crippen molar-refractivity contribution in [2.24, 2.45) is 11.8 Å². The molecule has 5 nitrogen and oxygen atoms in total. The number of fused-ring (bicyclic) bond motifs is 3. The Morgan fingerprint density at radius 3 is 2.55 bits per heavy atom. The van der Waals surface area contributed by atoms with Crippen LogP contribution in [0.2, 0.25) is 6.32 Å². The smallest absolute Gasteiger partial charge is 0.251 e. The molecule has 0 saturated heterocycles. The maximum absolute atomic E-state index is 12.7. The third-order valence-corrected chi connectivity index (χ3v) is 8.18. The molecule has 1 fully saturated rings. The first-order valence-electron chi connectivity index (χ1n) is 15.3. The van der Waals surface area contributed by atoms with E-state index in [4.69, 9.17) is 12.6 Å². The number of allylic oxidation sites excluding steroid dienone is 1. The molecule has 1 aromatic heterocycles. The maximum Gasteiger partial charge on any atom is 0.251 e. The van der Waals surface area contributed by atoms with Gasteiger partial charge in [0.25, 0.3) is 5.91 Å². The fourth-order valence-corrected chi connectivity index (χ4v) is 6.24. The molecule has 1 amide bonds. The highest BCUT2D eigenvalue weighted by Gasteiger charge is 2.29. The Labute approximate surface area is 254 Å². The van der Waals surface area contributed by atoms with Crippen LogP contribution in [0.4, 0.5) is 0 Å². The first-order chi connectivity index (χ1) is 20.3. The summed E-state index contributed by atoms with van der Waals surface area (Å²) in [7, 11) is 7.32. The van der Waals surface area contributed by atoms with Gasteiger partial charge in [0.1, 0.15) is 0 Å². The number of carbonyl (C=O) groups is 2. The van der Waals surface area contributed by atoms with Crippen LogP contribution in [0.15, 0.2) is 60.7 Å². The molecule has 1 aliphatic carbocycles. The minimum absolute atomic E-state index is 0.0209. The molecule has 2 heterocycles. The van der Waals surface area contributed by atoms with E-state index >= 15 is 0 Å². The van der Waals surface area contributed by atoms with Gasteiger partial charge in [-0.1, -0.05) is 75.5 Å². The minimum atomic E-state index is 0.0209. The topological polar surface area (TPSA) is 65.2 Å². The van der Waals surface area contributed by atoms with E-state index in [0.717, 1.165) is 56.6 Å². The Morgan fingerprint density at radius 2 is 1.93 bits per heavy atom. The molecule has 2 aromatic carbocycles. The molecule has 5 rings (SSSR count). The largest absolute Gasteiger partial charge is 0.357 e. The van der Waals surface area contributed by atoms with Crippen molar-refractivity contribution in [1.29, 1.82) is 0 Å². The summed E-state index contributed by atoms with van der Waals surface area (Å²) in [6, 6.07) is 16.9. The summed E-state index contributed by atoms with van der Waals surface area (Å²) >= 11 is 0. The van der Waals surface area contributed by atoms with Crippen molar-refractivity contribution in [3.05, 3.63) is 83.1 Å². The molecule has 2 N–H and O–H groups in total. The maximum atomic E-state index is 12.7. The van der Waals surface area contributed by atoms with E-state index in [1.807, 2.05) is 12.1 Å². The van der Waals surface area contributed by atoms with Crippen LogP contribution < -0.4 is 5.32 Å². The molecule has 3 aromatic rings. The number of nitrogens with zero attached hydrogens (tertiary/aromatic N) is 1. The van der Waals surface area contributed by atoms with Gasteiger partial charge >= 0.3 is 0 Å². The molecular formula is C36H46BN3O2. The van der Waals surface area contributed by atoms with Crippen molar-refractivity contribution in [1.82, 2.24) is 15.2 Å². The van der Waals surface area contributed by atoms with Crippen LogP contribution in [-0.4, -0.2) is 50.1 Å². The Kier molecular flexibility index (Phi) is 13.2. The van der Waals surface area contributed by atoms with Crippen molar-refractivity contribution in [3.8, 4) is 12.3 Å². The van der Waals surface area contributed by atoms with Crippen LogP contribution in [0.25, 0.3) is 10.9 Å². The van der Waals surface area contributed by atoms with E-state index in [1.165, 1.54) is 52.6 Å². The number of hydrogen-bond acceptors (Lipinski definition) is 3. The normalized spacial score (nSPS) is 19.8. The number of terminal acetylenes is 1. The van der Waals surface area contributed by atoms with E-state index in [2.05, 4.69) is 85.5 Å². The van der Waals surface area contributed by atoms with Crippen molar-refractivity contribution >= 4 is 30.9 Å². The zero-order valence-corrected chi connectivity index (χ0v) is 25.6. The Hall–Kier alpha value is -3.56. The Morgan fingerprint density at radius 1 is 1.21 bits per heavy atom. The number of aromatic amines is 1. The molecule has 42 heavy (non-hydrogen) atoms. The fraction of sp³-hybridized carbons (Fsp3) is 0.444. The van der Waals surface area contributed by atoms with Crippen LogP contribution in [0.5, 0.6) is 0 Å². The number of aromatic nitrogens is 1. The summed E-state index contributed by atoms with van der Waals surface area (Å²) in [5.41, 5.74) is 7.23. The second kappa shape index (κ2) is 16.8. The molecule has 220 valence electrons. The van der Waals surface area contributed by atoms with Crippen LogP contribution in [0, 0.1) is 24.2 Å². The number of para-hydroxylation sites is 1. The number of unbranched alkanes of at least 4 members (excludes halogenated alkanes) is 1. The number of hydrogen-bond donors (Lipinski definition) is 2. The lowest BCUT2D eigenvalue weighted by molar-refractivity contribution is -0.103. The van der Waals surface area contributed by atoms with E-state index in [-0.39, 0.29) is 11.9 Å². The second-order valence-electron chi connectivity index (χ2n) is 11.7. The highest BCUT2D eigenvalue weighted by Crippen LogP contribution is 2.37. The molecule has 3 unspecified atom stereocenters. The molecule has 1 aliphatic heterocycles. The average molecular weight is 564 g/mol. The summed E-state index contributed by atoms with van der Waals surface area (Å²) < 4.78 is 0. The standard InChI is InChI=1S/C29H35N3O.C4H9B.C3H2O/c1-19-16-20(2)18-21(17-19)12-14-30-29(33)23-10-8-22(9-11-23)28-27-25(13-15-32(28)3)24-6-4-5-7-26(24)31-27;1-2-3-4-5;1-2-3-4/h4-11,20-21,28,31H,1,12-18H2,2-3H3,(H,30,33);2-4H2,1H3;1,3H.